The summed E-state index contributed by atoms with van der Waals surface area (Å²) in [6.45, 7) is 5.70. The molecule has 0 saturated heterocycles. The van der Waals surface area contributed by atoms with Gasteiger partial charge < -0.3 is 18.9 Å². The van der Waals surface area contributed by atoms with E-state index in [1.54, 1.807) is 0 Å². The van der Waals surface area contributed by atoms with Gasteiger partial charge in [-0.1, -0.05) is 0 Å². The van der Waals surface area contributed by atoms with Gasteiger partial charge in [-0.25, -0.2) is 0 Å². The SMILES string of the molecule is CC(C)(C)OC(=O)C1CC(OCCOc2cc(Br)c(OC(F)(F)F)cc2C=O)C1. The zero-order valence-corrected chi connectivity index (χ0v) is 17.8. The number of esters is 1. The van der Waals surface area contributed by atoms with E-state index in [1.807, 2.05) is 20.8 Å². The molecule has 1 aliphatic carbocycles. The van der Waals surface area contributed by atoms with E-state index in [-0.39, 0.29) is 47.0 Å². The minimum absolute atomic E-state index is 0.00413. The molecule has 0 aromatic heterocycles. The lowest BCUT2D eigenvalue weighted by Gasteiger charge is -2.35. The van der Waals surface area contributed by atoms with E-state index in [0.29, 0.717) is 19.1 Å². The molecule has 1 aromatic rings. The van der Waals surface area contributed by atoms with Crippen LogP contribution in [-0.4, -0.2) is 43.5 Å². The smallest absolute Gasteiger partial charge is 0.490 e. The fourth-order valence-electron chi connectivity index (χ4n) is 2.62. The lowest BCUT2D eigenvalue weighted by atomic mass is 9.82. The highest BCUT2D eigenvalue weighted by molar-refractivity contribution is 9.10. The number of hydrogen-bond donors (Lipinski definition) is 0. The maximum absolute atomic E-state index is 12.4. The van der Waals surface area contributed by atoms with Gasteiger partial charge in [0, 0.05) is 0 Å². The maximum atomic E-state index is 12.4. The number of halogens is 4. The van der Waals surface area contributed by atoms with Crippen LogP contribution in [0.2, 0.25) is 0 Å². The molecule has 0 unspecified atom stereocenters. The fraction of sp³-hybridized carbons (Fsp3) is 0.579. The summed E-state index contributed by atoms with van der Waals surface area (Å²) in [6, 6.07) is 2.17. The third-order valence-electron chi connectivity index (χ3n) is 3.95. The monoisotopic (exact) mass is 482 g/mol. The standard InChI is InChI=1S/C19H22BrF3O6/c1-18(2,3)29-17(25)11-6-13(7-11)26-4-5-27-15-9-14(20)16(8-12(15)10-24)28-19(21,22)23/h8-11,13H,4-7H2,1-3H3. The Morgan fingerprint density at radius 2 is 1.83 bits per heavy atom. The van der Waals surface area contributed by atoms with Crippen molar-refractivity contribution in [2.24, 2.45) is 5.92 Å². The Morgan fingerprint density at radius 3 is 2.38 bits per heavy atom. The summed E-state index contributed by atoms with van der Waals surface area (Å²) >= 11 is 2.96. The first-order chi connectivity index (χ1) is 13.4. The third-order valence-corrected chi connectivity index (χ3v) is 4.57. The van der Waals surface area contributed by atoms with Crippen LogP contribution in [0.15, 0.2) is 16.6 Å². The Labute approximate surface area is 174 Å². The van der Waals surface area contributed by atoms with Crippen LogP contribution < -0.4 is 9.47 Å². The van der Waals surface area contributed by atoms with Crippen LogP contribution in [0.25, 0.3) is 0 Å². The molecular formula is C19H22BrF3O6. The van der Waals surface area contributed by atoms with Crippen molar-refractivity contribution in [3.05, 3.63) is 22.2 Å². The summed E-state index contributed by atoms with van der Waals surface area (Å²) in [7, 11) is 0. The van der Waals surface area contributed by atoms with E-state index in [2.05, 4.69) is 20.7 Å². The van der Waals surface area contributed by atoms with Crippen LogP contribution in [-0.2, 0) is 14.3 Å². The Hall–Kier alpha value is -1.81. The summed E-state index contributed by atoms with van der Waals surface area (Å²) in [5.74, 6) is -0.856. The number of ether oxygens (including phenoxy) is 4. The lowest BCUT2D eigenvalue weighted by molar-refractivity contribution is -0.274. The number of carbonyl (C=O) groups is 2. The molecule has 0 heterocycles. The van der Waals surface area contributed by atoms with Gasteiger partial charge in [0.25, 0.3) is 0 Å². The van der Waals surface area contributed by atoms with Gasteiger partial charge in [-0.15, -0.1) is 13.2 Å². The molecule has 29 heavy (non-hydrogen) atoms. The number of rotatable bonds is 8. The number of benzene rings is 1. The summed E-state index contributed by atoms with van der Waals surface area (Å²) in [4.78, 5) is 23.0. The summed E-state index contributed by atoms with van der Waals surface area (Å²) in [5.41, 5.74) is -0.608. The van der Waals surface area contributed by atoms with Crippen molar-refractivity contribution in [3.63, 3.8) is 0 Å². The molecule has 0 radical (unpaired) electrons. The van der Waals surface area contributed by atoms with Crippen LogP contribution in [0.1, 0.15) is 44.0 Å². The Bertz CT molecular complexity index is 739. The second-order valence-electron chi connectivity index (χ2n) is 7.53. The molecule has 0 aliphatic heterocycles. The molecule has 0 amide bonds. The van der Waals surface area contributed by atoms with Crippen molar-refractivity contribution in [2.45, 2.75) is 51.7 Å². The van der Waals surface area contributed by atoms with Gasteiger partial charge in [0.15, 0.2) is 6.29 Å². The van der Waals surface area contributed by atoms with Crippen molar-refractivity contribution in [1.29, 1.82) is 0 Å². The summed E-state index contributed by atoms with van der Waals surface area (Å²) in [5, 5.41) is 0. The number of hydrogen-bond acceptors (Lipinski definition) is 6. The predicted octanol–water partition coefficient (Wildman–Crippen LogP) is 4.68. The van der Waals surface area contributed by atoms with Gasteiger partial charge in [0.2, 0.25) is 0 Å². The van der Waals surface area contributed by atoms with Gasteiger partial charge >= 0.3 is 12.3 Å². The Balaban J connectivity index is 1.78. The molecular weight excluding hydrogens is 461 g/mol. The molecule has 6 nitrogen and oxygen atoms in total. The first-order valence-electron chi connectivity index (χ1n) is 8.89. The van der Waals surface area contributed by atoms with E-state index < -0.39 is 17.7 Å². The molecule has 1 fully saturated rings. The lowest BCUT2D eigenvalue weighted by Crippen LogP contribution is -2.40. The quantitative estimate of drug-likeness (QED) is 0.304. The van der Waals surface area contributed by atoms with Crippen LogP contribution in [0, 0.1) is 5.92 Å². The highest BCUT2D eigenvalue weighted by atomic mass is 79.9. The Kier molecular flexibility index (Phi) is 7.56. The zero-order chi connectivity index (χ0) is 21.8. The maximum Gasteiger partial charge on any atom is 0.573 e. The van der Waals surface area contributed by atoms with E-state index in [4.69, 9.17) is 14.2 Å². The Morgan fingerprint density at radius 1 is 1.17 bits per heavy atom. The van der Waals surface area contributed by atoms with E-state index in [0.717, 1.165) is 6.07 Å². The molecule has 0 bridgehead atoms. The highest BCUT2D eigenvalue weighted by Gasteiger charge is 2.38. The largest absolute Gasteiger partial charge is 0.573 e. The van der Waals surface area contributed by atoms with E-state index >= 15 is 0 Å². The van der Waals surface area contributed by atoms with Gasteiger partial charge in [-0.3, -0.25) is 9.59 Å². The third kappa shape index (κ3) is 7.50. The minimum atomic E-state index is -4.88. The van der Waals surface area contributed by atoms with Crippen molar-refractivity contribution in [3.8, 4) is 11.5 Å². The van der Waals surface area contributed by atoms with Crippen LogP contribution in [0.4, 0.5) is 13.2 Å². The highest BCUT2D eigenvalue weighted by Crippen LogP contribution is 2.36. The molecule has 2 rings (SSSR count). The van der Waals surface area contributed by atoms with E-state index in [9.17, 15) is 22.8 Å². The van der Waals surface area contributed by atoms with Crippen LogP contribution >= 0.6 is 15.9 Å². The average molecular weight is 483 g/mol. The molecule has 1 aromatic carbocycles. The molecule has 0 spiro atoms. The number of aldehydes is 1. The topological polar surface area (TPSA) is 71.1 Å². The zero-order valence-electron chi connectivity index (χ0n) is 16.2. The second kappa shape index (κ2) is 9.34. The first-order valence-corrected chi connectivity index (χ1v) is 9.69. The second-order valence-corrected chi connectivity index (χ2v) is 8.38. The minimum Gasteiger partial charge on any atom is -0.490 e. The fourth-order valence-corrected chi connectivity index (χ4v) is 3.02. The van der Waals surface area contributed by atoms with Crippen molar-refractivity contribution in [2.75, 3.05) is 13.2 Å². The summed E-state index contributed by atoms with van der Waals surface area (Å²) in [6.07, 6.45) is -3.47. The van der Waals surface area contributed by atoms with Gasteiger partial charge in [-0.05, 0) is 61.7 Å². The van der Waals surface area contributed by atoms with Gasteiger partial charge in [-0.2, -0.15) is 0 Å². The predicted molar refractivity (Wildman–Crippen MR) is 100 cm³/mol. The van der Waals surface area contributed by atoms with Crippen LogP contribution in [0.5, 0.6) is 11.5 Å². The summed E-state index contributed by atoms with van der Waals surface area (Å²) < 4.78 is 57.3. The average Bonchev–Trinajstić information content (AvgIpc) is 2.52. The van der Waals surface area contributed by atoms with Gasteiger partial charge in [0.1, 0.15) is 23.7 Å². The van der Waals surface area contributed by atoms with Crippen molar-refractivity contribution in [1.82, 2.24) is 0 Å². The van der Waals surface area contributed by atoms with E-state index in [1.165, 1.54) is 6.07 Å². The first kappa shape index (κ1) is 23.5. The number of alkyl halides is 3. The molecule has 162 valence electrons. The van der Waals surface area contributed by atoms with Crippen LogP contribution in [0.3, 0.4) is 0 Å². The van der Waals surface area contributed by atoms with Crippen molar-refractivity contribution >= 4 is 28.2 Å². The molecule has 1 aliphatic rings. The molecule has 0 atom stereocenters. The number of carbonyl (C=O) groups excluding carboxylic acids is 2. The normalized spacial score (nSPS) is 19.3. The molecule has 10 heteroatoms. The molecule has 0 N–H and O–H groups in total. The van der Waals surface area contributed by atoms with Gasteiger partial charge in [0.05, 0.1) is 28.7 Å². The van der Waals surface area contributed by atoms with Crippen molar-refractivity contribution < 1.29 is 41.7 Å². The molecule has 1 saturated carbocycles.